The Labute approximate surface area is 91.8 Å². The van der Waals surface area contributed by atoms with Crippen LogP contribution in [-0.2, 0) is 4.79 Å². The molecule has 0 bridgehead atoms. The van der Waals surface area contributed by atoms with E-state index in [0.29, 0.717) is 6.04 Å². The van der Waals surface area contributed by atoms with Crippen LogP contribution in [0.15, 0.2) is 0 Å². The van der Waals surface area contributed by atoms with E-state index in [9.17, 15) is 4.79 Å². The van der Waals surface area contributed by atoms with Crippen LogP contribution in [0.25, 0.3) is 0 Å². The molecule has 0 heterocycles. The molecule has 86 valence electrons. The Hall–Kier alpha value is -0.570. The molecule has 3 N–H and O–H groups in total. The van der Waals surface area contributed by atoms with E-state index in [1.807, 2.05) is 0 Å². The third-order valence-corrected chi connectivity index (χ3v) is 3.98. The molecule has 2 rings (SSSR count). The second-order valence-corrected chi connectivity index (χ2v) is 5.45. The van der Waals surface area contributed by atoms with Crippen LogP contribution in [0.4, 0.5) is 0 Å². The first kappa shape index (κ1) is 10.9. The van der Waals surface area contributed by atoms with Gasteiger partial charge in [0.2, 0.25) is 5.91 Å². The molecule has 1 amide bonds. The van der Waals surface area contributed by atoms with Crippen LogP contribution in [0.2, 0.25) is 0 Å². The van der Waals surface area contributed by atoms with Gasteiger partial charge in [-0.2, -0.15) is 0 Å². The monoisotopic (exact) mass is 210 g/mol. The summed E-state index contributed by atoms with van der Waals surface area (Å²) in [7, 11) is 0. The lowest BCUT2D eigenvalue weighted by Crippen LogP contribution is -2.54. The topological polar surface area (TPSA) is 55.1 Å². The quantitative estimate of drug-likeness (QED) is 0.726. The van der Waals surface area contributed by atoms with Crippen molar-refractivity contribution in [2.75, 3.05) is 0 Å². The maximum atomic E-state index is 12.0. The van der Waals surface area contributed by atoms with E-state index >= 15 is 0 Å². The molecule has 3 nitrogen and oxygen atoms in total. The average Bonchev–Trinajstić information content (AvgIpc) is 2.76. The molecule has 0 aromatic carbocycles. The van der Waals surface area contributed by atoms with E-state index < -0.39 is 5.54 Å². The molecule has 0 radical (unpaired) electrons. The molecule has 2 fully saturated rings. The largest absolute Gasteiger partial charge is 0.352 e. The van der Waals surface area contributed by atoms with Gasteiger partial charge in [0.1, 0.15) is 0 Å². The first-order valence-electron chi connectivity index (χ1n) is 6.20. The Bertz CT molecular complexity index is 246. The van der Waals surface area contributed by atoms with Crippen molar-refractivity contribution in [1.82, 2.24) is 5.32 Å². The molecule has 0 aliphatic heterocycles. The Morgan fingerprint density at radius 1 is 1.33 bits per heavy atom. The highest BCUT2D eigenvalue weighted by atomic mass is 16.2. The van der Waals surface area contributed by atoms with Crippen molar-refractivity contribution in [1.29, 1.82) is 0 Å². The molecule has 0 spiro atoms. The average molecular weight is 210 g/mol. The summed E-state index contributed by atoms with van der Waals surface area (Å²) in [5, 5.41) is 3.13. The third-order valence-electron chi connectivity index (χ3n) is 3.98. The summed E-state index contributed by atoms with van der Waals surface area (Å²) in [6, 6.07) is 0.383. The van der Waals surface area contributed by atoms with Crippen LogP contribution in [0.5, 0.6) is 0 Å². The number of hydrogen-bond acceptors (Lipinski definition) is 2. The van der Waals surface area contributed by atoms with Gasteiger partial charge in [0.25, 0.3) is 0 Å². The van der Waals surface area contributed by atoms with Crippen molar-refractivity contribution < 1.29 is 4.79 Å². The van der Waals surface area contributed by atoms with Crippen molar-refractivity contribution in [3.05, 3.63) is 0 Å². The van der Waals surface area contributed by atoms with E-state index in [4.69, 9.17) is 5.73 Å². The molecule has 2 aliphatic carbocycles. The summed E-state index contributed by atoms with van der Waals surface area (Å²) in [4.78, 5) is 12.0. The molecule has 0 saturated heterocycles. The zero-order valence-electron chi connectivity index (χ0n) is 9.59. The first-order chi connectivity index (χ1) is 7.10. The van der Waals surface area contributed by atoms with Crippen LogP contribution in [0.3, 0.4) is 0 Å². The lowest BCUT2D eigenvalue weighted by atomic mass is 9.97. The summed E-state index contributed by atoms with van der Waals surface area (Å²) in [5.41, 5.74) is 5.55. The Kier molecular flexibility index (Phi) is 3.01. The smallest absolute Gasteiger partial charge is 0.240 e. The van der Waals surface area contributed by atoms with Gasteiger partial charge in [0.15, 0.2) is 0 Å². The molecular formula is C12H22N2O. The minimum atomic E-state index is -0.550. The van der Waals surface area contributed by atoms with Crippen LogP contribution in [0.1, 0.15) is 51.9 Å². The van der Waals surface area contributed by atoms with Gasteiger partial charge in [-0.1, -0.05) is 19.8 Å². The third kappa shape index (κ3) is 2.33. The Morgan fingerprint density at radius 2 is 2.00 bits per heavy atom. The summed E-state index contributed by atoms with van der Waals surface area (Å²) in [5.74, 6) is 0.853. The number of rotatable bonds is 2. The number of nitrogens with two attached hydrogens (primary N) is 1. The van der Waals surface area contributed by atoms with Gasteiger partial charge in [-0.15, -0.1) is 0 Å². The molecule has 0 aromatic heterocycles. The number of hydrogen-bond donors (Lipinski definition) is 2. The standard InChI is InChI=1S/C12H22N2O/c1-9-4-5-10(8-9)14-11(15)12(13)6-2-3-7-12/h9-10H,2-8,13H2,1H3,(H,14,15). The lowest BCUT2D eigenvalue weighted by molar-refractivity contribution is -0.126. The summed E-state index contributed by atoms with van der Waals surface area (Å²) < 4.78 is 0. The molecule has 2 atom stereocenters. The van der Waals surface area contributed by atoms with Crippen LogP contribution < -0.4 is 11.1 Å². The van der Waals surface area contributed by atoms with Gasteiger partial charge < -0.3 is 11.1 Å². The van der Waals surface area contributed by atoms with E-state index in [0.717, 1.165) is 44.4 Å². The molecule has 15 heavy (non-hydrogen) atoms. The van der Waals surface area contributed by atoms with Crippen molar-refractivity contribution in [2.45, 2.75) is 63.5 Å². The van der Waals surface area contributed by atoms with Gasteiger partial charge in [0.05, 0.1) is 5.54 Å². The van der Waals surface area contributed by atoms with Crippen LogP contribution in [-0.4, -0.2) is 17.5 Å². The number of carbonyl (C=O) groups excluding carboxylic acids is 1. The number of carbonyl (C=O) groups is 1. The van der Waals surface area contributed by atoms with Crippen molar-refractivity contribution in [3.8, 4) is 0 Å². The normalized spacial score (nSPS) is 34.3. The minimum absolute atomic E-state index is 0.0964. The predicted octanol–water partition coefficient (Wildman–Crippen LogP) is 1.56. The van der Waals surface area contributed by atoms with E-state index in [2.05, 4.69) is 12.2 Å². The summed E-state index contributed by atoms with van der Waals surface area (Å²) >= 11 is 0. The molecule has 3 heteroatoms. The molecule has 0 aromatic rings. The molecule has 2 saturated carbocycles. The predicted molar refractivity (Wildman–Crippen MR) is 60.3 cm³/mol. The van der Waals surface area contributed by atoms with Crippen LogP contribution >= 0.6 is 0 Å². The van der Waals surface area contributed by atoms with Crippen LogP contribution in [0, 0.1) is 5.92 Å². The first-order valence-corrected chi connectivity index (χ1v) is 6.20. The SMILES string of the molecule is CC1CCC(NC(=O)C2(N)CCCC2)C1. The maximum Gasteiger partial charge on any atom is 0.240 e. The lowest BCUT2D eigenvalue weighted by Gasteiger charge is -2.24. The highest BCUT2D eigenvalue weighted by molar-refractivity contribution is 5.86. The maximum absolute atomic E-state index is 12.0. The second-order valence-electron chi connectivity index (χ2n) is 5.45. The Balaban J connectivity index is 1.86. The van der Waals surface area contributed by atoms with E-state index in [-0.39, 0.29) is 5.91 Å². The number of nitrogens with one attached hydrogen (secondary N) is 1. The summed E-state index contributed by atoms with van der Waals surface area (Å²) in [6.07, 6.45) is 7.42. The summed E-state index contributed by atoms with van der Waals surface area (Å²) in [6.45, 7) is 2.25. The van der Waals surface area contributed by atoms with Crippen molar-refractivity contribution >= 4 is 5.91 Å². The fourth-order valence-corrected chi connectivity index (χ4v) is 2.90. The fourth-order valence-electron chi connectivity index (χ4n) is 2.90. The zero-order valence-corrected chi connectivity index (χ0v) is 9.59. The fraction of sp³-hybridized carbons (Fsp3) is 0.917. The van der Waals surface area contributed by atoms with Gasteiger partial charge in [-0.3, -0.25) is 4.79 Å². The molecular weight excluding hydrogens is 188 g/mol. The van der Waals surface area contributed by atoms with Gasteiger partial charge in [-0.25, -0.2) is 0 Å². The second kappa shape index (κ2) is 4.12. The molecule has 2 unspecified atom stereocenters. The number of amides is 1. The van der Waals surface area contributed by atoms with Gasteiger partial charge >= 0.3 is 0 Å². The van der Waals surface area contributed by atoms with Crippen molar-refractivity contribution in [2.24, 2.45) is 11.7 Å². The van der Waals surface area contributed by atoms with Crippen molar-refractivity contribution in [3.63, 3.8) is 0 Å². The van der Waals surface area contributed by atoms with E-state index in [1.54, 1.807) is 0 Å². The minimum Gasteiger partial charge on any atom is -0.352 e. The van der Waals surface area contributed by atoms with Gasteiger partial charge in [0, 0.05) is 6.04 Å². The highest BCUT2D eigenvalue weighted by Crippen LogP contribution is 2.29. The van der Waals surface area contributed by atoms with E-state index in [1.165, 1.54) is 6.42 Å². The van der Waals surface area contributed by atoms with Gasteiger partial charge in [-0.05, 0) is 38.0 Å². The highest BCUT2D eigenvalue weighted by Gasteiger charge is 2.38. The zero-order chi connectivity index (χ0) is 10.9. The Morgan fingerprint density at radius 3 is 2.53 bits per heavy atom. The molecule has 2 aliphatic rings.